The van der Waals surface area contributed by atoms with Gasteiger partial charge in [-0.05, 0) is 30.4 Å². The second-order valence-electron chi connectivity index (χ2n) is 6.54. The zero-order valence-electron chi connectivity index (χ0n) is 13.6. The van der Waals surface area contributed by atoms with E-state index in [4.69, 9.17) is 0 Å². The zero-order chi connectivity index (χ0) is 16.6. The Labute approximate surface area is 142 Å². The molecule has 2 aliphatic heterocycles. The summed E-state index contributed by atoms with van der Waals surface area (Å²) >= 11 is 0. The average Bonchev–Trinajstić information content (AvgIpc) is 3.17. The molecule has 0 aliphatic carbocycles. The van der Waals surface area contributed by atoms with E-state index in [0.29, 0.717) is 19.1 Å². The molecule has 0 saturated carbocycles. The summed E-state index contributed by atoms with van der Waals surface area (Å²) in [6.07, 6.45) is 5.64. The summed E-state index contributed by atoms with van der Waals surface area (Å²) in [5.74, 6) is 0. The summed E-state index contributed by atoms with van der Waals surface area (Å²) < 4.78 is 26.7. The third kappa shape index (κ3) is 2.87. The summed E-state index contributed by atoms with van der Waals surface area (Å²) in [6, 6.07) is 9.09. The van der Waals surface area contributed by atoms with Crippen molar-refractivity contribution in [3.8, 4) is 0 Å². The van der Waals surface area contributed by atoms with E-state index in [-0.39, 0.29) is 5.03 Å². The van der Waals surface area contributed by atoms with Gasteiger partial charge in [-0.1, -0.05) is 24.3 Å². The number of hydrogen-bond donors (Lipinski definition) is 1. The molecule has 2 aliphatic rings. The van der Waals surface area contributed by atoms with Gasteiger partial charge in [0.05, 0.1) is 12.5 Å². The van der Waals surface area contributed by atoms with Gasteiger partial charge in [-0.25, -0.2) is 13.4 Å². The SMILES string of the molecule is O=S(=O)(c1cnc[nH]1)N1CCC(N2CCc3ccccc3C2)CC1. The molecule has 0 unspecified atom stereocenters. The highest BCUT2D eigenvalue weighted by Crippen LogP contribution is 2.26. The minimum Gasteiger partial charge on any atom is -0.335 e. The average molecular weight is 346 g/mol. The number of rotatable bonds is 3. The van der Waals surface area contributed by atoms with E-state index >= 15 is 0 Å². The van der Waals surface area contributed by atoms with Crippen LogP contribution < -0.4 is 0 Å². The molecule has 0 atom stereocenters. The number of nitrogens with zero attached hydrogens (tertiary/aromatic N) is 3. The lowest BCUT2D eigenvalue weighted by atomic mass is 9.96. The van der Waals surface area contributed by atoms with Crippen molar-refractivity contribution in [2.75, 3.05) is 19.6 Å². The van der Waals surface area contributed by atoms with Crippen LogP contribution in [0.2, 0.25) is 0 Å². The van der Waals surface area contributed by atoms with Crippen molar-refractivity contribution >= 4 is 10.0 Å². The maximum absolute atomic E-state index is 12.5. The van der Waals surface area contributed by atoms with Crippen LogP contribution >= 0.6 is 0 Å². The number of aromatic amines is 1. The molecule has 1 N–H and O–H groups in total. The molecular weight excluding hydrogens is 324 g/mol. The highest BCUT2D eigenvalue weighted by molar-refractivity contribution is 7.89. The summed E-state index contributed by atoms with van der Waals surface area (Å²) in [6.45, 7) is 3.19. The Bertz CT molecular complexity index is 796. The van der Waals surface area contributed by atoms with Gasteiger partial charge in [-0.2, -0.15) is 4.31 Å². The third-order valence-corrected chi connectivity index (χ3v) is 7.02. The molecule has 1 aromatic heterocycles. The molecule has 3 heterocycles. The van der Waals surface area contributed by atoms with E-state index in [1.165, 1.54) is 23.7 Å². The molecule has 128 valence electrons. The molecule has 0 radical (unpaired) electrons. The number of nitrogens with one attached hydrogen (secondary N) is 1. The standard InChI is InChI=1S/C17H22N4O2S/c22-24(23,17-11-18-13-19-17)21-9-6-16(7-10-21)20-8-5-14-3-1-2-4-15(14)12-20/h1-4,11,13,16H,5-10,12H2,(H,18,19). The fourth-order valence-electron chi connectivity index (χ4n) is 3.80. The quantitative estimate of drug-likeness (QED) is 0.917. The number of benzene rings is 1. The first-order chi connectivity index (χ1) is 11.6. The summed E-state index contributed by atoms with van der Waals surface area (Å²) in [5, 5.41) is 0.188. The van der Waals surface area contributed by atoms with Gasteiger partial charge in [0, 0.05) is 32.2 Å². The van der Waals surface area contributed by atoms with Gasteiger partial charge >= 0.3 is 0 Å². The van der Waals surface area contributed by atoms with E-state index in [1.807, 2.05) is 0 Å². The smallest absolute Gasteiger partial charge is 0.260 e. The number of imidazole rings is 1. The Balaban J connectivity index is 1.40. The van der Waals surface area contributed by atoms with Gasteiger partial charge in [0.1, 0.15) is 0 Å². The lowest BCUT2D eigenvalue weighted by Gasteiger charge is -2.40. The first-order valence-electron chi connectivity index (χ1n) is 8.44. The predicted molar refractivity (Wildman–Crippen MR) is 90.9 cm³/mol. The maximum atomic E-state index is 12.5. The number of hydrogen-bond acceptors (Lipinski definition) is 4. The molecule has 24 heavy (non-hydrogen) atoms. The monoisotopic (exact) mass is 346 g/mol. The van der Waals surface area contributed by atoms with Gasteiger partial charge in [0.25, 0.3) is 10.0 Å². The molecule has 6 nitrogen and oxygen atoms in total. The maximum Gasteiger partial charge on any atom is 0.260 e. The molecule has 1 aromatic carbocycles. The second-order valence-corrected chi connectivity index (χ2v) is 8.45. The van der Waals surface area contributed by atoms with Crippen LogP contribution in [0.25, 0.3) is 0 Å². The third-order valence-electron chi connectivity index (χ3n) is 5.19. The molecular formula is C17H22N4O2S. The highest BCUT2D eigenvalue weighted by Gasteiger charge is 2.33. The second kappa shape index (κ2) is 6.31. The molecule has 0 spiro atoms. The lowest BCUT2D eigenvalue weighted by Crippen LogP contribution is -2.48. The molecule has 7 heteroatoms. The fourth-order valence-corrected chi connectivity index (χ4v) is 5.17. The van der Waals surface area contributed by atoms with E-state index in [2.05, 4.69) is 39.1 Å². The van der Waals surface area contributed by atoms with Crippen molar-refractivity contribution < 1.29 is 8.42 Å². The number of piperidine rings is 1. The van der Waals surface area contributed by atoms with Crippen molar-refractivity contribution in [1.82, 2.24) is 19.2 Å². The minimum absolute atomic E-state index is 0.188. The molecule has 1 fully saturated rings. The molecule has 0 amide bonds. The van der Waals surface area contributed by atoms with Crippen molar-refractivity contribution in [2.45, 2.75) is 36.9 Å². The first-order valence-corrected chi connectivity index (χ1v) is 9.88. The Kier molecular flexibility index (Phi) is 4.15. The van der Waals surface area contributed by atoms with Gasteiger partial charge in [-0.3, -0.25) is 4.90 Å². The van der Waals surface area contributed by atoms with E-state index < -0.39 is 10.0 Å². The zero-order valence-corrected chi connectivity index (χ0v) is 14.4. The minimum atomic E-state index is -3.42. The van der Waals surface area contributed by atoms with Crippen LogP contribution in [0.15, 0.2) is 41.8 Å². The largest absolute Gasteiger partial charge is 0.335 e. The summed E-state index contributed by atoms with van der Waals surface area (Å²) in [5.41, 5.74) is 2.87. The van der Waals surface area contributed by atoms with Gasteiger partial charge in [0.2, 0.25) is 0 Å². The van der Waals surface area contributed by atoms with Crippen molar-refractivity contribution in [1.29, 1.82) is 0 Å². The Morgan fingerprint density at radius 2 is 1.83 bits per heavy atom. The first kappa shape index (κ1) is 15.8. The Morgan fingerprint density at radius 3 is 2.54 bits per heavy atom. The Hall–Kier alpha value is -1.70. The summed E-state index contributed by atoms with van der Waals surface area (Å²) in [4.78, 5) is 9.05. The number of sulfonamides is 1. The normalized spacial score (nSPS) is 20.8. The van der Waals surface area contributed by atoms with Gasteiger partial charge in [0.15, 0.2) is 5.03 Å². The van der Waals surface area contributed by atoms with Crippen molar-refractivity contribution in [2.24, 2.45) is 0 Å². The topological polar surface area (TPSA) is 69.3 Å². The fraction of sp³-hybridized carbons (Fsp3) is 0.471. The van der Waals surface area contributed by atoms with Crippen LogP contribution in [-0.4, -0.2) is 53.3 Å². The molecule has 4 rings (SSSR count). The van der Waals surface area contributed by atoms with Crippen LogP contribution in [-0.2, 0) is 23.0 Å². The number of aromatic nitrogens is 2. The molecule has 2 aromatic rings. The van der Waals surface area contributed by atoms with Crippen molar-refractivity contribution in [3.05, 3.63) is 47.9 Å². The summed E-state index contributed by atoms with van der Waals surface area (Å²) in [7, 11) is -3.42. The lowest BCUT2D eigenvalue weighted by molar-refractivity contribution is 0.126. The molecule has 1 saturated heterocycles. The van der Waals surface area contributed by atoms with Gasteiger partial charge in [-0.15, -0.1) is 0 Å². The van der Waals surface area contributed by atoms with Crippen LogP contribution in [0.4, 0.5) is 0 Å². The van der Waals surface area contributed by atoms with E-state index in [9.17, 15) is 8.42 Å². The number of fused-ring (bicyclic) bond motifs is 1. The van der Waals surface area contributed by atoms with E-state index in [0.717, 1.165) is 32.4 Å². The Morgan fingerprint density at radius 1 is 1.08 bits per heavy atom. The van der Waals surface area contributed by atoms with Gasteiger partial charge < -0.3 is 4.98 Å². The highest BCUT2D eigenvalue weighted by atomic mass is 32.2. The van der Waals surface area contributed by atoms with Crippen LogP contribution in [0.1, 0.15) is 24.0 Å². The molecule has 0 bridgehead atoms. The van der Waals surface area contributed by atoms with Crippen molar-refractivity contribution in [3.63, 3.8) is 0 Å². The number of H-pyrrole nitrogens is 1. The predicted octanol–water partition coefficient (Wildman–Crippen LogP) is 1.62. The van der Waals surface area contributed by atoms with Crippen LogP contribution in [0, 0.1) is 0 Å². The van der Waals surface area contributed by atoms with E-state index in [1.54, 1.807) is 4.31 Å². The van der Waals surface area contributed by atoms with Crippen LogP contribution in [0.3, 0.4) is 0 Å². The van der Waals surface area contributed by atoms with Crippen LogP contribution in [0.5, 0.6) is 0 Å².